The number of hydrogen-bond acceptors (Lipinski definition) is 4. The van der Waals surface area contributed by atoms with Gasteiger partial charge in [-0.05, 0) is 30.5 Å². The Morgan fingerprint density at radius 1 is 1.39 bits per heavy atom. The second kappa shape index (κ2) is 5.59. The van der Waals surface area contributed by atoms with E-state index in [1.807, 2.05) is 18.2 Å². The van der Waals surface area contributed by atoms with E-state index in [4.69, 9.17) is 9.47 Å². The maximum Gasteiger partial charge on any atom is 0.124 e. The van der Waals surface area contributed by atoms with Gasteiger partial charge in [0.2, 0.25) is 0 Å². The Morgan fingerprint density at radius 3 is 2.67 bits per heavy atom. The Bertz CT molecular complexity index is 408. The zero-order chi connectivity index (χ0) is 13.1. The van der Waals surface area contributed by atoms with Gasteiger partial charge in [-0.15, -0.1) is 0 Å². The van der Waals surface area contributed by atoms with Crippen molar-refractivity contribution in [1.82, 2.24) is 5.32 Å². The van der Waals surface area contributed by atoms with Crippen LogP contribution >= 0.6 is 0 Å². The second-order valence-electron chi connectivity index (χ2n) is 4.85. The van der Waals surface area contributed by atoms with Crippen molar-refractivity contribution in [1.29, 1.82) is 0 Å². The minimum absolute atomic E-state index is 0.540. The van der Waals surface area contributed by atoms with Crippen LogP contribution in [-0.4, -0.2) is 31.9 Å². The normalized spacial score (nSPS) is 23.6. The number of ether oxygens (including phenoxy) is 2. The summed E-state index contributed by atoms with van der Waals surface area (Å²) in [5, 5.41) is 13.6. The predicted molar refractivity (Wildman–Crippen MR) is 70.1 cm³/mol. The molecule has 0 spiro atoms. The van der Waals surface area contributed by atoms with Crippen LogP contribution in [0.15, 0.2) is 18.2 Å². The summed E-state index contributed by atoms with van der Waals surface area (Å²) in [7, 11) is 3.22. The van der Waals surface area contributed by atoms with Crippen molar-refractivity contribution in [3.05, 3.63) is 23.8 Å². The van der Waals surface area contributed by atoms with E-state index in [0.717, 1.165) is 17.2 Å². The van der Waals surface area contributed by atoms with Crippen molar-refractivity contribution in [2.75, 3.05) is 20.8 Å². The molecule has 1 fully saturated rings. The van der Waals surface area contributed by atoms with Gasteiger partial charge < -0.3 is 19.9 Å². The average molecular weight is 251 g/mol. The minimum Gasteiger partial charge on any atom is -0.497 e. The van der Waals surface area contributed by atoms with Crippen LogP contribution in [0, 0.1) is 5.92 Å². The monoisotopic (exact) mass is 251 g/mol. The molecule has 2 N–H and O–H groups in total. The first kappa shape index (κ1) is 13.2. The first-order valence-electron chi connectivity index (χ1n) is 6.29. The lowest BCUT2D eigenvalue weighted by Gasteiger charge is -2.16. The molecule has 1 aliphatic carbocycles. The molecule has 0 amide bonds. The Kier molecular flexibility index (Phi) is 4.09. The van der Waals surface area contributed by atoms with Crippen LogP contribution in [0.4, 0.5) is 0 Å². The van der Waals surface area contributed by atoms with E-state index < -0.39 is 6.10 Å². The molecule has 3 atom stereocenters. The largest absolute Gasteiger partial charge is 0.497 e. The van der Waals surface area contributed by atoms with Gasteiger partial charge in [-0.3, -0.25) is 0 Å². The predicted octanol–water partition coefficient (Wildman–Crippen LogP) is 1.74. The molecule has 0 aromatic heterocycles. The highest BCUT2D eigenvalue weighted by molar-refractivity contribution is 5.41. The van der Waals surface area contributed by atoms with Gasteiger partial charge in [0.25, 0.3) is 0 Å². The fourth-order valence-electron chi connectivity index (χ4n) is 2.08. The summed E-state index contributed by atoms with van der Waals surface area (Å²) in [4.78, 5) is 0. The highest BCUT2D eigenvalue weighted by Gasteiger charge is 2.32. The highest BCUT2D eigenvalue weighted by atomic mass is 16.5. The molecular weight excluding hydrogens is 230 g/mol. The molecule has 0 aliphatic heterocycles. The summed E-state index contributed by atoms with van der Waals surface area (Å²) in [5.41, 5.74) is 0.762. The van der Waals surface area contributed by atoms with Gasteiger partial charge in [-0.1, -0.05) is 6.92 Å². The van der Waals surface area contributed by atoms with Gasteiger partial charge in [0.05, 0.1) is 20.3 Å². The number of aliphatic hydroxyl groups is 1. The molecule has 0 heterocycles. The van der Waals surface area contributed by atoms with Gasteiger partial charge in [-0.25, -0.2) is 0 Å². The molecule has 1 aliphatic rings. The lowest BCUT2D eigenvalue weighted by molar-refractivity contribution is 0.169. The zero-order valence-corrected chi connectivity index (χ0v) is 11.1. The van der Waals surface area contributed by atoms with Crippen LogP contribution in [0.1, 0.15) is 25.0 Å². The van der Waals surface area contributed by atoms with E-state index in [1.54, 1.807) is 14.2 Å². The first-order chi connectivity index (χ1) is 8.65. The van der Waals surface area contributed by atoms with Crippen LogP contribution < -0.4 is 14.8 Å². The molecule has 4 heteroatoms. The van der Waals surface area contributed by atoms with E-state index in [1.165, 1.54) is 6.42 Å². The molecular formula is C14H21NO3. The number of nitrogens with one attached hydrogen (secondary N) is 1. The van der Waals surface area contributed by atoms with Crippen molar-refractivity contribution in [3.63, 3.8) is 0 Å². The van der Waals surface area contributed by atoms with Crippen molar-refractivity contribution in [2.45, 2.75) is 25.5 Å². The summed E-state index contributed by atoms with van der Waals surface area (Å²) < 4.78 is 10.4. The number of rotatable bonds is 6. The molecule has 2 rings (SSSR count). The molecule has 0 saturated heterocycles. The molecule has 0 radical (unpaired) electrons. The molecule has 3 unspecified atom stereocenters. The van der Waals surface area contributed by atoms with Crippen LogP contribution in [0.3, 0.4) is 0 Å². The Hall–Kier alpha value is -1.26. The average Bonchev–Trinajstić information content (AvgIpc) is 3.11. The third-order valence-electron chi connectivity index (χ3n) is 3.48. The van der Waals surface area contributed by atoms with E-state index in [-0.39, 0.29) is 0 Å². The topological polar surface area (TPSA) is 50.7 Å². The van der Waals surface area contributed by atoms with Gasteiger partial charge in [0.15, 0.2) is 0 Å². The summed E-state index contributed by atoms with van der Waals surface area (Å²) in [6, 6.07) is 6.01. The fourth-order valence-corrected chi connectivity index (χ4v) is 2.08. The summed E-state index contributed by atoms with van der Waals surface area (Å²) >= 11 is 0. The summed E-state index contributed by atoms with van der Waals surface area (Å²) in [5.74, 6) is 2.14. The lowest BCUT2D eigenvalue weighted by Crippen LogP contribution is -2.24. The van der Waals surface area contributed by atoms with Crippen LogP contribution in [0.2, 0.25) is 0 Å². The number of benzene rings is 1. The van der Waals surface area contributed by atoms with Crippen LogP contribution in [0.5, 0.6) is 11.5 Å². The van der Waals surface area contributed by atoms with Crippen LogP contribution in [0.25, 0.3) is 0 Å². The van der Waals surface area contributed by atoms with Gasteiger partial charge in [-0.2, -0.15) is 0 Å². The molecule has 18 heavy (non-hydrogen) atoms. The SMILES string of the molecule is COc1ccc(OC)c(C(O)CNC2CC2C)c1. The van der Waals surface area contributed by atoms with Crippen molar-refractivity contribution in [3.8, 4) is 11.5 Å². The third kappa shape index (κ3) is 2.94. The Labute approximate surface area is 108 Å². The van der Waals surface area contributed by atoms with E-state index >= 15 is 0 Å². The Balaban J connectivity index is 2.04. The first-order valence-corrected chi connectivity index (χ1v) is 6.29. The smallest absolute Gasteiger partial charge is 0.124 e. The van der Waals surface area contributed by atoms with E-state index in [9.17, 15) is 5.11 Å². The van der Waals surface area contributed by atoms with Crippen molar-refractivity contribution in [2.24, 2.45) is 5.92 Å². The van der Waals surface area contributed by atoms with Crippen molar-refractivity contribution >= 4 is 0 Å². The second-order valence-corrected chi connectivity index (χ2v) is 4.85. The maximum absolute atomic E-state index is 10.2. The number of hydrogen-bond donors (Lipinski definition) is 2. The lowest BCUT2D eigenvalue weighted by atomic mass is 10.1. The van der Waals surface area contributed by atoms with Gasteiger partial charge in [0, 0.05) is 18.2 Å². The molecule has 1 aromatic rings. The molecule has 4 nitrogen and oxygen atoms in total. The quantitative estimate of drug-likeness (QED) is 0.808. The third-order valence-corrected chi connectivity index (χ3v) is 3.48. The Morgan fingerprint density at radius 2 is 2.11 bits per heavy atom. The van der Waals surface area contributed by atoms with Crippen LogP contribution in [-0.2, 0) is 0 Å². The highest BCUT2D eigenvalue weighted by Crippen LogP contribution is 2.32. The number of aliphatic hydroxyl groups excluding tert-OH is 1. The van der Waals surface area contributed by atoms with Gasteiger partial charge in [0.1, 0.15) is 11.5 Å². The summed E-state index contributed by atoms with van der Waals surface area (Å²) in [6.07, 6.45) is 0.616. The van der Waals surface area contributed by atoms with Gasteiger partial charge >= 0.3 is 0 Å². The minimum atomic E-state index is -0.581. The molecule has 1 aromatic carbocycles. The molecule has 0 bridgehead atoms. The van der Waals surface area contributed by atoms with Crippen molar-refractivity contribution < 1.29 is 14.6 Å². The fraction of sp³-hybridized carbons (Fsp3) is 0.571. The zero-order valence-electron chi connectivity index (χ0n) is 11.1. The molecule has 100 valence electrons. The summed E-state index contributed by atoms with van der Waals surface area (Å²) in [6.45, 7) is 2.74. The maximum atomic E-state index is 10.2. The standard InChI is InChI=1S/C14H21NO3/c1-9-6-12(9)15-8-13(16)11-7-10(17-2)4-5-14(11)18-3/h4-5,7,9,12-13,15-16H,6,8H2,1-3H3. The molecule has 1 saturated carbocycles. The van der Waals surface area contributed by atoms with E-state index in [2.05, 4.69) is 12.2 Å². The number of methoxy groups -OCH3 is 2. The van der Waals surface area contributed by atoms with E-state index in [0.29, 0.717) is 18.3 Å².